The first-order chi connectivity index (χ1) is 7.54. The smallest absolute Gasteiger partial charge is 0.550 e. The van der Waals surface area contributed by atoms with Crippen LogP contribution in [0.25, 0.3) is 0 Å². The van der Waals surface area contributed by atoms with E-state index in [-0.39, 0.29) is 36.5 Å². The second-order valence-electron chi connectivity index (χ2n) is 3.66. The molecule has 17 heavy (non-hydrogen) atoms. The van der Waals surface area contributed by atoms with Crippen LogP contribution < -0.4 is 10.2 Å². The number of unbranched alkanes of at least 4 members (excludes halogenated alkanes) is 4. The SMILES string of the molecule is CCCCCC(=O)[O-].CCCCCC(=O)[O-].[Te+2]. The van der Waals surface area contributed by atoms with Crippen molar-refractivity contribution in [3.8, 4) is 0 Å². The second kappa shape index (κ2) is 18.1. The van der Waals surface area contributed by atoms with E-state index in [0.717, 1.165) is 38.5 Å². The summed E-state index contributed by atoms with van der Waals surface area (Å²) in [5.74, 6) is -1.86. The Morgan fingerprint density at radius 3 is 1.24 bits per heavy atom. The van der Waals surface area contributed by atoms with Gasteiger partial charge in [0.25, 0.3) is 0 Å². The average molecular weight is 358 g/mol. The molecule has 0 amide bonds. The van der Waals surface area contributed by atoms with E-state index in [2.05, 4.69) is 0 Å². The number of carboxylic acids is 2. The summed E-state index contributed by atoms with van der Waals surface area (Å²) in [6, 6.07) is 0. The maximum atomic E-state index is 9.76. The van der Waals surface area contributed by atoms with Gasteiger partial charge >= 0.3 is 23.7 Å². The van der Waals surface area contributed by atoms with Crippen molar-refractivity contribution in [1.82, 2.24) is 0 Å². The molecule has 0 unspecified atom stereocenters. The zero-order valence-electron chi connectivity index (χ0n) is 10.7. The van der Waals surface area contributed by atoms with Gasteiger partial charge in [0.15, 0.2) is 0 Å². The first-order valence-corrected chi connectivity index (χ1v) is 5.94. The Hall–Kier alpha value is -0.270. The molecule has 0 bridgehead atoms. The summed E-state index contributed by atoms with van der Waals surface area (Å²) in [4.78, 5) is 19.5. The molecular weight excluding hydrogens is 336 g/mol. The number of rotatable bonds is 8. The minimum Gasteiger partial charge on any atom is -0.550 e. The van der Waals surface area contributed by atoms with Crippen LogP contribution in [0.15, 0.2) is 0 Å². The summed E-state index contributed by atoms with van der Waals surface area (Å²) in [7, 11) is 0. The Morgan fingerprint density at radius 2 is 1.06 bits per heavy atom. The van der Waals surface area contributed by atoms with E-state index in [1.807, 2.05) is 13.8 Å². The largest absolute Gasteiger partial charge is 2.00 e. The summed E-state index contributed by atoms with van der Waals surface area (Å²) in [6.07, 6.45) is 6.07. The summed E-state index contributed by atoms with van der Waals surface area (Å²) in [5.41, 5.74) is 0. The minimum atomic E-state index is -0.932. The number of carboxylic acid groups (broad SMARTS) is 2. The Bertz CT molecular complexity index is 163. The molecule has 0 aromatic carbocycles. The Balaban J connectivity index is -0.000000218. The van der Waals surface area contributed by atoms with Gasteiger partial charge in [-0.05, 0) is 25.7 Å². The molecule has 0 rings (SSSR count). The number of aliphatic carboxylic acids is 2. The van der Waals surface area contributed by atoms with E-state index in [0.29, 0.717) is 0 Å². The van der Waals surface area contributed by atoms with Crippen molar-refractivity contribution < 1.29 is 19.8 Å². The van der Waals surface area contributed by atoms with Gasteiger partial charge in [-0.25, -0.2) is 0 Å². The van der Waals surface area contributed by atoms with Gasteiger partial charge < -0.3 is 19.8 Å². The molecule has 0 aromatic rings. The number of hydrogen-bond donors (Lipinski definition) is 0. The molecule has 0 aliphatic rings. The molecule has 0 fully saturated rings. The minimum absolute atomic E-state index is 0. The van der Waals surface area contributed by atoms with Gasteiger partial charge in [-0.1, -0.05) is 39.5 Å². The Morgan fingerprint density at radius 1 is 0.765 bits per heavy atom. The van der Waals surface area contributed by atoms with Crippen LogP contribution in [0, 0.1) is 0 Å². The zero-order chi connectivity index (χ0) is 12.8. The van der Waals surface area contributed by atoms with Crippen molar-refractivity contribution in [2.75, 3.05) is 0 Å². The average Bonchev–Trinajstić information content (AvgIpc) is 2.18. The number of hydrogen-bond acceptors (Lipinski definition) is 4. The van der Waals surface area contributed by atoms with Crippen LogP contribution in [0.5, 0.6) is 0 Å². The molecule has 0 atom stereocenters. The third kappa shape index (κ3) is 31.3. The van der Waals surface area contributed by atoms with Crippen LogP contribution in [-0.4, -0.2) is 35.6 Å². The monoisotopic (exact) mass is 360 g/mol. The first kappa shape index (κ1) is 22.0. The summed E-state index contributed by atoms with van der Waals surface area (Å²) >= 11 is 0. The van der Waals surface area contributed by atoms with Crippen molar-refractivity contribution in [1.29, 1.82) is 0 Å². The first-order valence-electron chi connectivity index (χ1n) is 5.94. The van der Waals surface area contributed by atoms with Crippen molar-refractivity contribution in [3.05, 3.63) is 0 Å². The van der Waals surface area contributed by atoms with Crippen molar-refractivity contribution >= 4 is 35.6 Å². The van der Waals surface area contributed by atoms with E-state index in [1.165, 1.54) is 0 Å². The van der Waals surface area contributed by atoms with Crippen LogP contribution in [-0.2, 0) is 9.59 Å². The van der Waals surface area contributed by atoms with E-state index in [1.54, 1.807) is 0 Å². The molecule has 4 radical (unpaired) electrons. The third-order valence-electron chi connectivity index (χ3n) is 1.97. The van der Waals surface area contributed by atoms with Crippen molar-refractivity contribution in [2.24, 2.45) is 0 Å². The van der Waals surface area contributed by atoms with E-state index >= 15 is 0 Å². The standard InChI is InChI=1S/2C6H12O2.Te/c2*1-2-3-4-5-6(7)8;/h2*2-5H2,1H3,(H,7,8);/q;;+2/p-2. The van der Waals surface area contributed by atoms with E-state index in [9.17, 15) is 19.8 Å². The van der Waals surface area contributed by atoms with Crippen LogP contribution in [0.3, 0.4) is 0 Å². The van der Waals surface area contributed by atoms with Crippen molar-refractivity contribution in [2.45, 2.75) is 65.2 Å². The fourth-order valence-electron chi connectivity index (χ4n) is 1.04. The molecule has 0 N–H and O–H groups in total. The number of carbonyl (C=O) groups is 2. The van der Waals surface area contributed by atoms with E-state index in [4.69, 9.17) is 0 Å². The molecule has 0 aliphatic heterocycles. The maximum absolute atomic E-state index is 9.76. The van der Waals surface area contributed by atoms with Gasteiger partial charge in [-0.3, -0.25) is 0 Å². The molecule has 0 heterocycles. The van der Waals surface area contributed by atoms with Crippen molar-refractivity contribution in [3.63, 3.8) is 0 Å². The Labute approximate surface area is 121 Å². The molecule has 0 spiro atoms. The van der Waals surface area contributed by atoms with Crippen LogP contribution in [0.2, 0.25) is 0 Å². The van der Waals surface area contributed by atoms with Gasteiger partial charge in [0, 0.05) is 11.9 Å². The fourth-order valence-corrected chi connectivity index (χ4v) is 1.04. The van der Waals surface area contributed by atoms with Crippen LogP contribution >= 0.6 is 0 Å². The normalized spacial score (nSPS) is 8.59. The molecule has 4 nitrogen and oxygen atoms in total. The summed E-state index contributed by atoms with van der Waals surface area (Å²) in [6.45, 7) is 4.07. The van der Waals surface area contributed by atoms with E-state index < -0.39 is 11.9 Å². The van der Waals surface area contributed by atoms with Gasteiger partial charge in [0.05, 0.1) is 0 Å². The van der Waals surface area contributed by atoms with Gasteiger partial charge in [0.2, 0.25) is 0 Å². The molecule has 0 aliphatic carbocycles. The topological polar surface area (TPSA) is 80.3 Å². The molecular formula is C12H22O4Te. The Kier molecular flexibility index (Phi) is 23.4. The predicted molar refractivity (Wildman–Crippen MR) is 64.1 cm³/mol. The predicted octanol–water partition coefficient (Wildman–Crippen LogP) is 0.252. The molecule has 0 saturated carbocycles. The second-order valence-corrected chi connectivity index (χ2v) is 3.66. The van der Waals surface area contributed by atoms with Crippen LogP contribution in [0.4, 0.5) is 0 Å². The number of carbonyl (C=O) groups excluding carboxylic acids is 2. The summed E-state index contributed by atoms with van der Waals surface area (Å²) in [5, 5.41) is 19.5. The van der Waals surface area contributed by atoms with Gasteiger partial charge in [-0.2, -0.15) is 0 Å². The molecule has 100 valence electrons. The maximum Gasteiger partial charge on any atom is 2.00 e. The molecule has 0 saturated heterocycles. The summed E-state index contributed by atoms with van der Waals surface area (Å²) < 4.78 is 0. The van der Waals surface area contributed by atoms with Gasteiger partial charge in [-0.15, -0.1) is 0 Å². The fraction of sp³-hybridized carbons (Fsp3) is 0.833. The van der Waals surface area contributed by atoms with Gasteiger partial charge in [0.1, 0.15) is 0 Å². The van der Waals surface area contributed by atoms with Crippen LogP contribution in [0.1, 0.15) is 65.2 Å². The third-order valence-corrected chi connectivity index (χ3v) is 1.97. The zero-order valence-corrected chi connectivity index (χ0v) is 13.0. The molecule has 5 heteroatoms. The molecule has 0 aromatic heterocycles. The quantitative estimate of drug-likeness (QED) is 0.461.